The van der Waals surface area contributed by atoms with Gasteiger partial charge < -0.3 is 39.4 Å². The number of aliphatic carboxylic acids is 1. The van der Waals surface area contributed by atoms with Crippen molar-refractivity contribution in [2.24, 2.45) is 0 Å². The lowest BCUT2D eigenvalue weighted by Gasteiger charge is -2.38. The third kappa shape index (κ3) is 30.5. The Labute approximate surface area is 363 Å². The summed E-state index contributed by atoms with van der Waals surface area (Å²) >= 11 is 0. The minimum Gasteiger partial charge on any atom is -0.479 e. The molecule has 0 bridgehead atoms. The van der Waals surface area contributed by atoms with E-state index in [9.17, 15) is 34.8 Å². The fourth-order valence-electron chi connectivity index (χ4n) is 7.14. The molecule has 1 heterocycles. The molecule has 1 fully saturated rings. The molecule has 0 spiro atoms. The number of carboxylic acid groups (broad SMARTS) is 1. The van der Waals surface area contributed by atoms with E-state index in [1.54, 1.807) is 0 Å². The number of hydrogen-bond donors (Lipinski definition) is 4. The molecule has 0 aromatic carbocycles. The van der Waals surface area contributed by atoms with Crippen LogP contribution in [0.5, 0.6) is 0 Å². The summed E-state index contributed by atoms with van der Waals surface area (Å²) in [5.41, 5.74) is 0. The molecular formula is C49H86O11. The van der Waals surface area contributed by atoms with Crippen LogP contribution >= 0.6 is 0 Å². The van der Waals surface area contributed by atoms with Gasteiger partial charge in [-0.1, -0.05) is 159 Å². The van der Waals surface area contributed by atoms with Crippen LogP contribution in [0.3, 0.4) is 0 Å². The normalized spacial score (nSPS) is 20.1. The molecular weight excluding hydrogens is 765 g/mol. The number of carbonyl (C=O) groups excluding carboxylic acids is 2. The second-order valence-corrected chi connectivity index (χ2v) is 16.6. The van der Waals surface area contributed by atoms with Crippen LogP contribution in [0.25, 0.3) is 0 Å². The third-order valence-electron chi connectivity index (χ3n) is 11.0. The van der Waals surface area contributed by atoms with E-state index in [-0.39, 0.29) is 19.4 Å². The SMILES string of the molecule is CCCCCC/C=C\C/C=C\CCCCCCCC(=O)OCC(COC1OC(C(=O)O)C(O)C(O)C1O)OC(=O)CCCCCCCCC/C=C\CCCCCCCCC. The average Bonchev–Trinajstić information content (AvgIpc) is 3.23. The maximum absolute atomic E-state index is 12.8. The van der Waals surface area contributed by atoms with E-state index in [1.165, 1.54) is 96.3 Å². The first kappa shape index (κ1) is 55.4. The Balaban J connectivity index is 2.35. The average molecular weight is 851 g/mol. The molecule has 0 aliphatic carbocycles. The summed E-state index contributed by atoms with van der Waals surface area (Å²) in [6.07, 6.45) is 36.2. The highest BCUT2D eigenvalue weighted by molar-refractivity contribution is 5.73. The van der Waals surface area contributed by atoms with Gasteiger partial charge in [-0.25, -0.2) is 4.79 Å². The number of rotatable bonds is 40. The molecule has 6 unspecified atom stereocenters. The number of aliphatic hydroxyl groups excluding tert-OH is 3. The summed E-state index contributed by atoms with van der Waals surface area (Å²) in [6.45, 7) is 3.79. The Morgan fingerprint density at radius 1 is 0.517 bits per heavy atom. The molecule has 0 saturated carbocycles. The first-order valence-corrected chi connectivity index (χ1v) is 24.0. The van der Waals surface area contributed by atoms with Crippen molar-refractivity contribution in [2.75, 3.05) is 13.2 Å². The Morgan fingerprint density at radius 2 is 0.933 bits per heavy atom. The van der Waals surface area contributed by atoms with E-state index in [0.29, 0.717) is 12.8 Å². The second kappa shape index (κ2) is 39.3. The largest absolute Gasteiger partial charge is 0.479 e. The molecule has 0 radical (unpaired) electrons. The van der Waals surface area contributed by atoms with Crippen molar-refractivity contribution >= 4 is 17.9 Å². The molecule has 60 heavy (non-hydrogen) atoms. The quantitative estimate of drug-likeness (QED) is 0.0263. The molecule has 1 rings (SSSR count). The third-order valence-corrected chi connectivity index (χ3v) is 11.0. The van der Waals surface area contributed by atoms with Crippen molar-refractivity contribution in [1.82, 2.24) is 0 Å². The van der Waals surface area contributed by atoms with E-state index in [2.05, 4.69) is 50.3 Å². The van der Waals surface area contributed by atoms with Crippen molar-refractivity contribution in [3.05, 3.63) is 36.5 Å². The van der Waals surface area contributed by atoms with Gasteiger partial charge in [0, 0.05) is 12.8 Å². The fraction of sp³-hybridized carbons (Fsp3) is 0.816. The zero-order chi connectivity index (χ0) is 43.9. The van der Waals surface area contributed by atoms with Crippen molar-refractivity contribution in [3.8, 4) is 0 Å². The molecule has 0 aromatic heterocycles. The number of hydrogen-bond acceptors (Lipinski definition) is 10. The van der Waals surface area contributed by atoms with Gasteiger partial charge in [0.1, 0.15) is 24.9 Å². The van der Waals surface area contributed by atoms with Gasteiger partial charge in [0.05, 0.1) is 6.61 Å². The highest BCUT2D eigenvalue weighted by Gasteiger charge is 2.47. The maximum Gasteiger partial charge on any atom is 0.335 e. The van der Waals surface area contributed by atoms with Crippen LogP contribution in [0.4, 0.5) is 0 Å². The molecule has 1 saturated heterocycles. The molecule has 0 aromatic rings. The van der Waals surface area contributed by atoms with Crippen LogP contribution in [0, 0.1) is 0 Å². The van der Waals surface area contributed by atoms with E-state index in [1.807, 2.05) is 0 Å². The van der Waals surface area contributed by atoms with Gasteiger partial charge in [0.25, 0.3) is 0 Å². The van der Waals surface area contributed by atoms with Crippen LogP contribution in [0.1, 0.15) is 206 Å². The highest BCUT2D eigenvalue weighted by Crippen LogP contribution is 2.23. The zero-order valence-electron chi connectivity index (χ0n) is 37.7. The summed E-state index contributed by atoms with van der Waals surface area (Å²) < 4.78 is 21.8. The zero-order valence-corrected chi connectivity index (χ0v) is 37.7. The summed E-state index contributed by atoms with van der Waals surface area (Å²) in [4.78, 5) is 36.9. The van der Waals surface area contributed by atoms with Gasteiger partial charge >= 0.3 is 17.9 Å². The standard InChI is InChI=1S/C49H86O11/c1-3-5-7-9-11-13-15-17-19-21-22-24-26-28-30-32-34-36-38-43(51)59-41(40-58-49-46(54)44(52)45(53)47(60-49)48(55)56)39-57-42(50)37-35-33-31-29-27-25-23-20-18-16-14-12-10-8-6-4-2/h14,16,19-21,23,41,44-47,49,52-54H,3-13,15,17-18,22,24-40H2,1-2H3,(H,55,56)/b16-14-,21-19-,23-20-. The minimum atomic E-state index is -1.86. The first-order valence-electron chi connectivity index (χ1n) is 24.0. The summed E-state index contributed by atoms with van der Waals surface area (Å²) in [6, 6.07) is 0. The van der Waals surface area contributed by atoms with E-state index >= 15 is 0 Å². The second-order valence-electron chi connectivity index (χ2n) is 16.6. The number of esters is 2. The van der Waals surface area contributed by atoms with Gasteiger partial charge in [-0.05, 0) is 70.6 Å². The molecule has 348 valence electrons. The summed E-state index contributed by atoms with van der Waals surface area (Å²) in [7, 11) is 0. The van der Waals surface area contributed by atoms with Crippen molar-refractivity contribution in [1.29, 1.82) is 0 Å². The summed E-state index contributed by atoms with van der Waals surface area (Å²) in [5.74, 6) is -2.46. The lowest BCUT2D eigenvalue weighted by molar-refractivity contribution is -0.298. The number of aliphatic hydroxyl groups is 3. The van der Waals surface area contributed by atoms with E-state index < -0.39 is 61.3 Å². The molecule has 1 aliphatic rings. The number of ether oxygens (including phenoxy) is 4. The number of unbranched alkanes of at least 4 members (excludes halogenated alkanes) is 23. The molecule has 11 nitrogen and oxygen atoms in total. The topological polar surface area (TPSA) is 169 Å². The van der Waals surface area contributed by atoms with Crippen molar-refractivity contribution in [3.63, 3.8) is 0 Å². The molecule has 11 heteroatoms. The van der Waals surface area contributed by atoms with Gasteiger partial charge in [-0.2, -0.15) is 0 Å². The maximum atomic E-state index is 12.8. The molecule has 1 aliphatic heterocycles. The van der Waals surface area contributed by atoms with Crippen LogP contribution in [-0.2, 0) is 33.3 Å². The molecule has 6 atom stereocenters. The van der Waals surface area contributed by atoms with Crippen LogP contribution in [-0.4, -0.2) is 88.4 Å². The minimum absolute atomic E-state index is 0.175. The predicted octanol–water partition coefficient (Wildman–Crippen LogP) is 10.8. The first-order chi connectivity index (χ1) is 29.2. The number of carboxylic acids is 1. The van der Waals surface area contributed by atoms with E-state index in [4.69, 9.17) is 18.9 Å². The van der Waals surface area contributed by atoms with Crippen LogP contribution in [0.15, 0.2) is 36.5 Å². The fourth-order valence-corrected chi connectivity index (χ4v) is 7.14. The Kier molecular flexibility index (Phi) is 36.3. The van der Waals surface area contributed by atoms with Gasteiger partial charge in [-0.15, -0.1) is 0 Å². The predicted molar refractivity (Wildman–Crippen MR) is 238 cm³/mol. The Morgan fingerprint density at radius 3 is 1.42 bits per heavy atom. The van der Waals surface area contributed by atoms with Gasteiger partial charge in [-0.3, -0.25) is 9.59 Å². The van der Waals surface area contributed by atoms with E-state index in [0.717, 1.165) is 70.6 Å². The van der Waals surface area contributed by atoms with Crippen molar-refractivity contribution in [2.45, 2.75) is 243 Å². The lowest BCUT2D eigenvalue weighted by atomic mass is 9.99. The number of carbonyl (C=O) groups is 3. The Hall–Kier alpha value is -2.57. The molecule has 0 amide bonds. The molecule has 4 N–H and O–H groups in total. The monoisotopic (exact) mass is 851 g/mol. The van der Waals surface area contributed by atoms with Crippen LogP contribution in [0.2, 0.25) is 0 Å². The summed E-state index contributed by atoms with van der Waals surface area (Å²) in [5, 5.41) is 39.9. The van der Waals surface area contributed by atoms with Crippen LogP contribution < -0.4 is 0 Å². The number of allylic oxidation sites excluding steroid dienone is 6. The van der Waals surface area contributed by atoms with Crippen molar-refractivity contribution < 1.29 is 53.8 Å². The smallest absolute Gasteiger partial charge is 0.335 e. The lowest BCUT2D eigenvalue weighted by Crippen LogP contribution is -2.60. The van der Waals surface area contributed by atoms with Gasteiger partial charge in [0.15, 0.2) is 18.5 Å². The Bertz CT molecular complexity index is 1140. The van der Waals surface area contributed by atoms with Gasteiger partial charge in [0.2, 0.25) is 0 Å². The highest BCUT2D eigenvalue weighted by atomic mass is 16.7.